The van der Waals surface area contributed by atoms with Gasteiger partial charge in [-0.05, 0) is 32.1 Å². The van der Waals surface area contributed by atoms with E-state index in [1.807, 2.05) is 0 Å². The van der Waals surface area contributed by atoms with Crippen LogP contribution in [-0.4, -0.2) is 22.3 Å². The lowest BCUT2D eigenvalue weighted by molar-refractivity contribution is -0.153. The lowest BCUT2D eigenvalue weighted by atomic mass is 9.56. The summed E-state index contributed by atoms with van der Waals surface area (Å²) >= 11 is 0. The third-order valence-electron chi connectivity index (χ3n) is 4.50. The van der Waals surface area contributed by atoms with Gasteiger partial charge >= 0.3 is 0 Å². The molecular formula is C15H22O3. The molecule has 0 amide bonds. The van der Waals surface area contributed by atoms with Crippen molar-refractivity contribution in [1.29, 1.82) is 0 Å². The maximum atomic E-state index is 12.4. The summed E-state index contributed by atoms with van der Waals surface area (Å²) in [6.07, 6.45) is 3.28. The number of hydrogen-bond donors (Lipinski definition) is 1. The van der Waals surface area contributed by atoms with E-state index in [2.05, 4.69) is 19.9 Å². The molecule has 1 saturated carbocycles. The Balaban J connectivity index is 2.39. The molecular weight excluding hydrogens is 228 g/mol. The van der Waals surface area contributed by atoms with Crippen LogP contribution in [-0.2, 0) is 9.59 Å². The number of carbonyl (C=O) groups excluding carboxylic acids is 2. The smallest absolute Gasteiger partial charge is 0.172 e. The fraction of sp³-hybridized carbons (Fsp3) is 0.733. The second-order valence-electron chi connectivity index (χ2n) is 6.32. The third kappa shape index (κ3) is 1.95. The van der Waals surface area contributed by atoms with Gasteiger partial charge in [-0.2, -0.15) is 0 Å². The van der Waals surface area contributed by atoms with Crippen molar-refractivity contribution in [3.05, 3.63) is 11.6 Å². The Morgan fingerprint density at radius 3 is 2.61 bits per heavy atom. The molecule has 0 unspecified atom stereocenters. The van der Waals surface area contributed by atoms with Crippen LogP contribution >= 0.6 is 0 Å². The molecule has 0 aromatic rings. The number of hydrogen-bond acceptors (Lipinski definition) is 3. The van der Waals surface area contributed by atoms with Crippen molar-refractivity contribution in [1.82, 2.24) is 0 Å². The van der Waals surface area contributed by atoms with Gasteiger partial charge in [0.2, 0.25) is 0 Å². The zero-order valence-corrected chi connectivity index (χ0v) is 11.6. The summed E-state index contributed by atoms with van der Waals surface area (Å²) in [5.74, 6) is 0.0416. The molecule has 3 heteroatoms. The van der Waals surface area contributed by atoms with Crippen LogP contribution in [0, 0.1) is 23.7 Å². The van der Waals surface area contributed by atoms with E-state index in [1.165, 1.54) is 0 Å². The lowest BCUT2D eigenvalue weighted by Gasteiger charge is -2.49. The molecule has 3 aliphatic carbocycles. The molecule has 0 radical (unpaired) electrons. The highest BCUT2D eigenvalue weighted by atomic mass is 16.3. The average Bonchev–Trinajstić information content (AvgIpc) is 2.24. The summed E-state index contributed by atoms with van der Waals surface area (Å²) in [6, 6.07) is 0. The maximum absolute atomic E-state index is 12.4. The average molecular weight is 250 g/mol. The zero-order valence-electron chi connectivity index (χ0n) is 11.6. The van der Waals surface area contributed by atoms with Crippen molar-refractivity contribution in [2.24, 2.45) is 23.7 Å². The van der Waals surface area contributed by atoms with Gasteiger partial charge in [0.05, 0.1) is 0 Å². The van der Waals surface area contributed by atoms with E-state index < -0.39 is 5.60 Å². The molecule has 1 N–H and O–H groups in total. The summed E-state index contributed by atoms with van der Waals surface area (Å²) in [5.41, 5.74) is -0.120. The minimum Gasteiger partial charge on any atom is -0.382 e. The monoisotopic (exact) mass is 250 g/mol. The van der Waals surface area contributed by atoms with Crippen molar-refractivity contribution in [3.63, 3.8) is 0 Å². The van der Waals surface area contributed by atoms with Crippen molar-refractivity contribution in [2.75, 3.05) is 0 Å². The normalized spacial score (nSPS) is 39.1. The Morgan fingerprint density at radius 1 is 1.56 bits per heavy atom. The van der Waals surface area contributed by atoms with Crippen LogP contribution in [0.5, 0.6) is 0 Å². The first-order valence-corrected chi connectivity index (χ1v) is 6.72. The molecule has 2 bridgehead atoms. The first kappa shape index (κ1) is 13.5. The lowest BCUT2D eigenvalue weighted by Crippen LogP contribution is -2.57. The van der Waals surface area contributed by atoms with Crippen LogP contribution in [0.15, 0.2) is 11.6 Å². The molecule has 4 atom stereocenters. The van der Waals surface area contributed by atoms with Gasteiger partial charge in [-0.25, -0.2) is 0 Å². The van der Waals surface area contributed by atoms with Gasteiger partial charge in [0.15, 0.2) is 5.78 Å². The summed E-state index contributed by atoms with van der Waals surface area (Å²) in [4.78, 5) is 23.8. The van der Waals surface area contributed by atoms with Crippen molar-refractivity contribution in [3.8, 4) is 0 Å². The highest BCUT2D eigenvalue weighted by molar-refractivity contribution is 5.94. The molecule has 0 aliphatic heterocycles. The molecule has 0 saturated heterocycles. The second kappa shape index (κ2) is 4.30. The van der Waals surface area contributed by atoms with Gasteiger partial charge < -0.3 is 9.90 Å². The Kier molecular flexibility index (Phi) is 3.22. The van der Waals surface area contributed by atoms with Gasteiger partial charge in [-0.15, -0.1) is 0 Å². The summed E-state index contributed by atoms with van der Waals surface area (Å²) in [6.45, 7) is 7.33. The van der Waals surface area contributed by atoms with E-state index in [0.717, 1.165) is 12.0 Å². The zero-order chi connectivity index (χ0) is 13.7. The molecule has 0 aromatic heterocycles. The van der Waals surface area contributed by atoms with Crippen molar-refractivity contribution in [2.45, 2.75) is 46.1 Å². The predicted octanol–water partition coefficient (Wildman–Crippen LogP) is 2.13. The molecule has 0 spiro atoms. The number of rotatable bonds is 3. The van der Waals surface area contributed by atoms with Crippen LogP contribution in [0.1, 0.15) is 40.5 Å². The quantitative estimate of drug-likeness (QED) is 0.781. The molecule has 18 heavy (non-hydrogen) atoms. The first-order valence-electron chi connectivity index (χ1n) is 6.72. The SMILES string of the molecule is CC(=O)C[C@H]1C[C@H]2C=C(C(C)C)[C@@H]1C(=O)[C@@]2(C)O. The van der Waals surface area contributed by atoms with E-state index in [-0.39, 0.29) is 29.3 Å². The summed E-state index contributed by atoms with van der Waals surface area (Å²) in [5, 5.41) is 10.3. The highest BCUT2D eigenvalue weighted by Crippen LogP contribution is 2.50. The Morgan fingerprint density at radius 2 is 2.17 bits per heavy atom. The standard InChI is InChI=1S/C15H22O3/c1-8(2)12-7-11-6-10(5-9(3)16)13(12)14(17)15(11,4)18/h7-8,10-11,13,18H,5-6H2,1-4H3/t10-,11-,13+,15-/m0/s1. The summed E-state index contributed by atoms with van der Waals surface area (Å²) in [7, 11) is 0. The number of carbonyl (C=O) groups is 2. The van der Waals surface area contributed by atoms with E-state index in [1.54, 1.807) is 13.8 Å². The van der Waals surface area contributed by atoms with E-state index >= 15 is 0 Å². The molecule has 3 rings (SSSR count). The number of aliphatic hydroxyl groups is 1. The van der Waals surface area contributed by atoms with Gasteiger partial charge in [0.25, 0.3) is 0 Å². The van der Waals surface area contributed by atoms with E-state index in [4.69, 9.17) is 0 Å². The maximum Gasteiger partial charge on any atom is 0.172 e. The molecule has 0 heterocycles. The van der Waals surface area contributed by atoms with Crippen molar-refractivity contribution >= 4 is 11.6 Å². The van der Waals surface area contributed by atoms with Crippen LogP contribution in [0.4, 0.5) is 0 Å². The Bertz CT molecular complexity index is 417. The third-order valence-corrected chi connectivity index (χ3v) is 4.50. The molecule has 100 valence electrons. The second-order valence-corrected chi connectivity index (χ2v) is 6.32. The first-order chi connectivity index (χ1) is 8.25. The van der Waals surface area contributed by atoms with Gasteiger partial charge in [-0.3, -0.25) is 4.79 Å². The fourth-order valence-corrected chi connectivity index (χ4v) is 3.52. The Hall–Kier alpha value is -0.960. The van der Waals surface area contributed by atoms with Crippen molar-refractivity contribution < 1.29 is 14.7 Å². The van der Waals surface area contributed by atoms with Crippen LogP contribution in [0.25, 0.3) is 0 Å². The van der Waals surface area contributed by atoms with E-state index in [0.29, 0.717) is 12.3 Å². The molecule has 0 aromatic carbocycles. The number of ketones is 2. The number of allylic oxidation sites excluding steroid dienone is 1. The van der Waals surface area contributed by atoms with Crippen LogP contribution in [0.3, 0.4) is 0 Å². The Labute approximate surface area is 108 Å². The van der Waals surface area contributed by atoms with Gasteiger partial charge in [0, 0.05) is 18.3 Å². The minimum atomic E-state index is -1.24. The van der Waals surface area contributed by atoms with E-state index in [9.17, 15) is 14.7 Å². The molecule has 3 nitrogen and oxygen atoms in total. The topological polar surface area (TPSA) is 54.4 Å². The largest absolute Gasteiger partial charge is 0.382 e. The molecule has 1 fully saturated rings. The fourth-order valence-electron chi connectivity index (χ4n) is 3.52. The molecule has 3 aliphatic rings. The summed E-state index contributed by atoms with van der Waals surface area (Å²) < 4.78 is 0. The number of Topliss-reactive ketones (excluding diaryl/α,β-unsaturated/α-hetero) is 2. The van der Waals surface area contributed by atoms with Crippen LogP contribution in [0.2, 0.25) is 0 Å². The number of fused-ring (bicyclic) bond motifs is 2. The highest BCUT2D eigenvalue weighted by Gasteiger charge is 2.54. The van der Waals surface area contributed by atoms with Gasteiger partial charge in [0.1, 0.15) is 11.4 Å². The van der Waals surface area contributed by atoms with Crippen LogP contribution < -0.4 is 0 Å². The predicted molar refractivity (Wildman–Crippen MR) is 68.9 cm³/mol. The minimum absolute atomic E-state index is 0.0858. The van der Waals surface area contributed by atoms with Gasteiger partial charge in [-0.1, -0.05) is 25.5 Å².